The first kappa shape index (κ1) is 14.5. The van der Waals surface area contributed by atoms with Gasteiger partial charge in [0, 0.05) is 30.6 Å². The fourth-order valence-corrected chi connectivity index (χ4v) is 4.19. The second-order valence-corrected chi connectivity index (χ2v) is 7.03. The molecule has 1 saturated carbocycles. The summed E-state index contributed by atoms with van der Waals surface area (Å²) in [5, 5.41) is 2.22. The molecule has 2 aliphatic rings. The Hall–Kier alpha value is -0.420. The third-order valence-electron chi connectivity index (χ3n) is 4.48. The maximum Gasteiger partial charge on any atom is 0.0599 e. The van der Waals surface area contributed by atoms with E-state index in [0.29, 0.717) is 12.1 Å². The van der Waals surface area contributed by atoms with Crippen molar-refractivity contribution in [2.24, 2.45) is 11.7 Å². The number of likely N-dealkylation sites (tertiary alicyclic amines) is 1. The molecule has 1 aromatic rings. The Morgan fingerprint density at radius 3 is 2.70 bits per heavy atom. The zero-order chi connectivity index (χ0) is 13.8. The number of nitrogens with two attached hydrogens (primary N) is 1. The molecule has 1 aromatic heterocycles. The van der Waals surface area contributed by atoms with Gasteiger partial charge < -0.3 is 10.5 Å². The molecule has 1 aliphatic heterocycles. The predicted molar refractivity (Wildman–Crippen MR) is 84.0 cm³/mol. The molecule has 3 rings (SSSR count). The lowest BCUT2D eigenvalue weighted by Gasteiger charge is -2.37. The molecule has 2 heterocycles. The second kappa shape index (κ2) is 7.03. The van der Waals surface area contributed by atoms with E-state index in [1.54, 1.807) is 4.88 Å². The van der Waals surface area contributed by atoms with Crippen LogP contribution in [0.2, 0.25) is 0 Å². The number of rotatable bonds is 7. The van der Waals surface area contributed by atoms with Crippen molar-refractivity contribution in [3.8, 4) is 0 Å². The summed E-state index contributed by atoms with van der Waals surface area (Å²) in [6.45, 7) is 3.94. The van der Waals surface area contributed by atoms with Gasteiger partial charge in [0.05, 0.1) is 6.10 Å². The van der Waals surface area contributed by atoms with Crippen LogP contribution >= 0.6 is 11.3 Å². The van der Waals surface area contributed by atoms with E-state index in [1.807, 2.05) is 11.3 Å². The molecular weight excluding hydrogens is 268 g/mol. The third-order valence-corrected chi connectivity index (χ3v) is 5.42. The van der Waals surface area contributed by atoms with E-state index in [-0.39, 0.29) is 0 Å². The lowest BCUT2D eigenvalue weighted by molar-refractivity contribution is -0.00458. The van der Waals surface area contributed by atoms with E-state index in [4.69, 9.17) is 10.5 Å². The third kappa shape index (κ3) is 3.61. The van der Waals surface area contributed by atoms with Gasteiger partial charge in [-0.05, 0) is 56.0 Å². The van der Waals surface area contributed by atoms with Gasteiger partial charge in [0.25, 0.3) is 0 Å². The zero-order valence-corrected chi connectivity index (χ0v) is 13.0. The van der Waals surface area contributed by atoms with Gasteiger partial charge in [0.2, 0.25) is 0 Å². The Morgan fingerprint density at radius 2 is 2.10 bits per heavy atom. The molecule has 1 aliphatic carbocycles. The molecular formula is C16H26N2OS. The highest BCUT2D eigenvalue weighted by Crippen LogP contribution is 2.46. The van der Waals surface area contributed by atoms with Crippen molar-refractivity contribution < 1.29 is 4.74 Å². The van der Waals surface area contributed by atoms with Gasteiger partial charge in [-0.25, -0.2) is 0 Å². The van der Waals surface area contributed by atoms with Crippen LogP contribution < -0.4 is 5.73 Å². The molecule has 1 saturated heterocycles. The predicted octanol–water partition coefficient (Wildman–Crippen LogP) is 3.03. The molecule has 0 amide bonds. The number of hydrogen-bond donors (Lipinski definition) is 1. The molecule has 3 nitrogen and oxygen atoms in total. The van der Waals surface area contributed by atoms with Gasteiger partial charge in [-0.1, -0.05) is 6.07 Å². The van der Waals surface area contributed by atoms with Crippen LogP contribution in [0.25, 0.3) is 0 Å². The monoisotopic (exact) mass is 294 g/mol. The van der Waals surface area contributed by atoms with Crippen LogP contribution in [-0.2, 0) is 4.74 Å². The fraction of sp³-hybridized carbons (Fsp3) is 0.750. The molecule has 0 spiro atoms. The first-order valence-corrected chi connectivity index (χ1v) is 8.85. The number of hydrogen-bond acceptors (Lipinski definition) is 4. The van der Waals surface area contributed by atoms with E-state index in [2.05, 4.69) is 22.4 Å². The van der Waals surface area contributed by atoms with Crippen molar-refractivity contribution in [1.82, 2.24) is 4.90 Å². The lowest BCUT2D eigenvalue weighted by Crippen LogP contribution is -2.40. The van der Waals surface area contributed by atoms with Crippen LogP contribution in [0, 0.1) is 5.92 Å². The Labute approximate surface area is 126 Å². The average Bonchev–Trinajstić information content (AvgIpc) is 3.16. The van der Waals surface area contributed by atoms with Crippen molar-refractivity contribution >= 4 is 11.3 Å². The standard InChI is InChI=1S/C16H26N2OS/c17-8-2-11-19-14-6-9-18(10-7-14)16(13-4-5-13)15-3-1-12-20-15/h1,3,12-14,16H,2,4-11,17H2. The molecule has 0 aromatic carbocycles. The normalized spacial score (nSPS) is 23.1. The molecule has 2 N–H and O–H groups in total. The topological polar surface area (TPSA) is 38.5 Å². The maximum absolute atomic E-state index is 5.91. The molecule has 1 unspecified atom stereocenters. The fourth-order valence-electron chi connectivity index (χ4n) is 3.24. The molecule has 20 heavy (non-hydrogen) atoms. The number of thiophene rings is 1. The summed E-state index contributed by atoms with van der Waals surface area (Å²) in [6.07, 6.45) is 6.63. The van der Waals surface area contributed by atoms with Crippen LogP contribution in [0.5, 0.6) is 0 Å². The SMILES string of the molecule is NCCCOC1CCN(C(c2cccs2)C2CC2)CC1. The first-order chi connectivity index (χ1) is 9.88. The number of nitrogens with zero attached hydrogens (tertiary/aromatic N) is 1. The highest BCUT2D eigenvalue weighted by molar-refractivity contribution is 7.10. The molecule has 2 fully saturated rings. The largest absolute Gasteiger partial charge is 0.378 e. The Morgan fingerprint density at radius 1 is 1.30 bits per heavy atom. The summed E-state index contributed by atoms with van der Waals surface area (Å²) in [5.41, 5.74) is 5.51. The summed E-state index contributed by atoms with van der Waals surface area (Å²) in [4.78, 5) is 4.27. The molecule has 4 heteroatoms. The minimum absolute atomic E-state index is 0.459. The maximum atomic E-state index is 5.91. The van der Waals surface area contributed by atoms with Crippen LogP contribution in [0.3, 0.4) is 0 Å². The van der Waals surface area contributed by atoms with E-state index >= 15 is 0 Å². The quantitative estimate of drug-likeness (QED) is 0.786. The lowest BCUT2D eigenvalue weighted by atomic mass is 10.0. The van der Waals surface area contributed by atoms with Crippen molar-refractivity contribution in [3.05, 3.63) is 22.4 Å². The number of ether oxygens (including phenoxy) is 1. The molecule has 0 bridgehead atoms. The highest BCUT2D eigenvalue weighted by atomic mass is 32.1. The Kier molecular flexibility index (Phi) is 5.10. The van der Waals surface area contributed by atoms with Crippen LogP contribution in [-0.4, -0.2) is 37.2 Å². The summed E-state index contributed by atoms with van der Waals surface area (Å²) in [7, 11) is 0. The van der Waals surface area contributed by atoms with Gasteiger partial charge in [-0.15, -0.1) is 11.3 Å². The van der Waals surface area contributed by atoms with Gasteiger partial charge in [0.1, 0.15) is 0 Å². The zero-order valence-electron chi connectivity index (χ0n) is 12.2. The van der Waals surface area contributed by atoms with E-state index in [9.17, 15) is 0 Å². The number of piperidine rings is 1. The smallest absolute Gasteiger partial charge is 0.0599 e. The first-order valence-electron chi connectivity index (χ1n) is 7.97. The van der Waals surface area contributed by atoms with Crippen molar-refractivity contribution in [3.63, 3.8) is 0 Å². The van der Waals surface area contributed by atoms with E-state index in [0.717, 1.165) is 25.5 Å². The van der Waals surface area contributed by atoms with E-state index in [1.165, 1.54) is 38.8 Å². The second-order valence-electron chi connectivity index (χ2n) is 6.05. The summed E-state index contributed by atoms with van der Waals surface area (Å²) < 4.78 is 5.91. The Bertz CT molecular complexity index is 383. The molecule has 1 atom stereocenters. The van der Waals surface area contributed by atoms with Gasteiger partial charge in [-0.2, -0.15) is 0 Å². The minimum Gasteiger partial charge on any atom is -0.378 e. The Balaban J connectivity index is 1.51. The van der Waals surface area contributed by atoms with Crippen LogP contribution in [0.15, 0.2) is 17.5 Å². The molecule has 112 valence electrons. The summed E-state index contributed by atoms with van der Waals surface area (Å²) in [5.74, 6) is 0.906. The van der Waals surface area contributed by atoms with Gasteiger partial charge in [0.15, 0.2) is 0 Å². The van der Waals surface area contributed by atoms with Crippen molar-refractivity contribution in [2.45, 2.75) is 44.2 Å². The van der Waals surface area contributed by atoms with Crippen LogP contribution in [0.1, 0.15) is 43.0 Å². The van der Waals surface area contributed by atoms with Gasteiger partial charge >= 0.3 is 0 Å². The molecule has 0 radical (unpaired) electrons. The summed E-state index contributed by atoms with van der Waals surface area (Å²) >= 11 is 1.92. The van der Waals surface area contributed by atoms with Crippen molar-refractivity contribution in [2.75, 3.05) is 26.2 Å². The van der Waals surface area contributed by atoms with Crippen molar-refractivity contribution in [1.29, 1.82) is 0 Å². The van der Waals surface area contributed by atoms with Gasteiger partial charge in [-0.3, -0.25) is 4.90 Å². The average molecular weight is 294 g/mol. The highest BCUT2D eigenvalue weighted by Gasteiger charge is 2.38. The van der Waals surface area contributed by atoms with Crippen LogP contribution in [0.4, 0.5) is 0 Å². The summed E-state index contributed by atoms with van der Waals surface area (Å²) in [6, 6.07) is 5.19. The minimum atomic E-state index is 0.459. The van der Waals surface area contributed by atoms with E-state index < -0.39 is 0 Å².